The summed E-state index contributed by atoms with van der Waals surface area (Å²) in [5.41, 5.74) is 0.970. The second-order valence-electron chi connectivity index (χ2n) is 5.10. The topological polar surface area (TPSA) is 32.3 Å². The zero-order chi connectivity index (χ0) is 12.3. The lowest BCUT2D eigenvalue weighted by molar-refractivity contribution is 0.299. The quantitative estimate of drug-likeness (QED) is 0.889. The molecule has 2 N–H and O–H groups in total. The predicted molar refractivity (Wildman–Crippen MR) is 74.1 cm³/mol. The number of phenolic OH excluding ortho intramolecular Hbond substituents is 1. The van der Waals surface area contributed by atoms with Crippen LogP contribution in [0.3, 0.4) is 0 Å². The molecule has 2 unspecified atom stereocenters. The molecule has 1 saturated carbocycles. The fourth-order valence-electron chi connectivity index (χ4n) is 2.58. The van der Waals surface area contributed by atoms with Crippen LogP contribution in [-0.4, -0.2) is 11.1 Å². The maximum absolute atomic E-state index is 9.89. The molecule has 0 spiro atoms. The molecule has 0 bridgehead atoms. The molecular weight excluding hydrogens is 278 g/mol. The van der Waals surface area contributed by atoms with Gasteiger partial charge in [0.15, 0.2) is 0 Å². The number of para-hydroxylation sites is 1. The molecule has 3 heteroatoms. The Kier molecular flexibility index (Phi) is 4.46. The van der Waals surface area contributed by atoms with Gasteiger partial charge in [0, 0.05) is 18.2 Å². The highest BCUT2D eigenvalue weighted by Gasteiger charge is 2.18. The Morgan fingerprint density at radius 3 is 3.00 bits per heavy atom. The highest BCUT2D eigenvalue weighted by Crippen LogP contribution is 2.28. The van der Waals surface area contributed by atoms with Gasteiger partial charge in [-0.2, -0.15) is 0 Å². The van der Waals surface area contributed by atoms with Crippen LogP contribution in [0.4, 0.5) is 0 Å². The van der Waals surface area contributed by atoms with Crippen molar-refractivity contribution in [3.8, 4) is 5.75 Å². The molecular formula is C14H20BrNO. The first-order valence-electron chi connectivity index (χ1n) is 6.36. The fraction of sp³-hybridized carbons (Fsp3) is 0.571. The monoisotopic (exact) mass is 297 g/mol. The maximum Gasteiger partial charge on any atom is 0.134 e. The molecule has 0 aromatic heterocycles. The summed E-state index contributed by atoms with van der Waals surface area (Å²) < 4.78 is 0.772. The third-order valence-electron chi connectivity index (χ3n) is 3.59. The van der Waals surface area contributed by atoms with Gasteiger partial charge in [0.1, 0.15) is 5.75 Å². The van der Waals surface area contributed by atoms with Gasteiger partial charge < -0.3 is 10.4 Å². The van der Waals surface area contributed by atoms with Gasteiger partial charge in [-0.15, -0.1) is 0 Å². The Labute approximate surface area is 112 Å². The number of halogens is 1. The molecule has 0 heterocycles. The second kappa shape index (κ2) is 5.87. The summed E-state index contributed by atoms with van der Waals surface area (Å²) in [7, 11) is 0. The van der Waals surface area contributed by atoms with Gasteiger partial charge in [0.2, 0.25) is 0 Å². The van der Waals surface area contributed by atoms with Gasteiger partial charge in [-0.05, 0) is 40.8 Å². The number of benzene rings is 1. The summed E-state index contributed by atoms with van der Waals surface area (Å²) >= 11 is 3.34. The van der Waals surface area contributed by atoms with Crippen molar-refractivity contribution >= 4 is 15.9 Å². The lowest BCUT2D eigenvalue weighted by atomic mass is 9.87. The number of hydrogen-bond donors (Lipinski definition) is 2. The zero-order valence-corrected chi connectivity index (χ0v) is 11.8. The van der Waals surface area contributed by atoms with E-state index in [-0.39, 0.29) is 0 Å². The van der Waals surface area contributed by atoms with E-state index in [1.807, 2.05) is 18.2 Å². The first-order chi connectivity index (χ1) is 8.16. The molecule has 1 aliphatic carbocycles. The van der Waals surface area contributed by atoms with Crippen LogP contribution in [0, 0.1) is 5.92 Å². The van der Waals surface area contributed by atoms with E-state index in [1.165, 1.54) is 25.7 Å². The van der Waals surface area contributed by atoms with Gasteiger partial charge in [-0.25, -0.2) is 0 Å². The standard InChI is InChI=1S/C14H20BrNO/c1-10-4-2-6-12(8-10)16-9-11-5-3-7-13(15)14(11)17/h3,5,7,10,12,16-17H,2,4,6,8-9H2,1H3. The molecule has 94 valence electrons. The minimum absolute atomic E-state index is 0.365. The minimum Gasteiger partial charge on any atom is -0.506 e. The van der Waals surface area contributed by atoms with Crippen LogP contribution in [0.25, 0.3) is 0 Å². The third kappa shape index (κ3) is 3.46. The third-order valence-corrected chi connectivity index (χ3v) is 4.23. The fourth-order valence-corrected chi connectivity index (χ4v) is 2.98. The summed E-state index contributed by atoms with van der Waals surface area (Å²) in [6, 6.07) is 6.41. The molecule has 0 radical (unpaired) electrons. The van der Waals surface area contributed by atoms with Crippen LogP contribution >= 0.6 is 15.9 Å². The van der Waals surface area contributed by atoms with E-state index in [4.69, 9.17) is 0 Å². The zero-order valence-electron chi connectivity index (χ0n) is 10.2. The number of hydrogen-bond acceptors (Lipinski definition) is 2. The van der Waals surface area contributed by atoms with Gasteiger partial charge in [-0.3, -0.25) is 0 Å². The summed E-state index contributed by atoms with van der Waals surface area (Å²) in [4.78, 5) is 0. The first kappa shape index (κ1) is 12.9. The van der Waals surface area contributed by atoms with Gasteiger partial charge >= 0.3 is 0 Å². The molecule has 1 aliphatic rings. The van der Waals surface area contributed by atoms with Crippen LogP contribution in [0.2, 0.25) is 0 Å². The van der Waals surface area contributed by atoms with E-state index in [0.717, 1.165) is 22.5 Å². The van der Waals surface area contributed by atoms with Crippen LogP contribution in [0.5, 0.6) is 5.75 Å². The number of phenols is 1. The van der Waals surface area contributed by atoms with Crippen molar-refractivity contribution in [2.45, 2.75) is 45.2 Å². The largest absolute Gasteiger partial charge is 0.506 e. The average molecular weight is 298 g/mol. The van der Waals surface area contributed by atoms with Gasteiger partial charge in [0.25, 0.3) is 0 Å². The van der Waals surface area contributed by atoms with E-state index < -0.39 is 0 Å². The van der Waals surface area contributed by atoms with E-state index in [2.05, 4.69) is 28.2 Å². The first-order valence-corrected chi connectivity index (χ1v) is 7.16. The molecule has 2 nitrogen and oxygen atoms in total. The highest BCUT2D eigenvalue weighted by molar-refractivity contribution is 9.10. The van der Waals surface area contributed by atoms with Gasteiger partial charge in [0.05, 0.1) is 4.47 Å². The molecule has 1 aromatic carbocycles. The molecule has 1 fully saturated rings. The van der Waals surface area contributed by atoms with E-state index in [0.29, 0.717) is 11.8 Å². The SMILES string of the molecule is CC1CCCC(NCc2cccc(Br)c2O)C1. The predicted octanol–water partition coefficient (Wildman–Crippen LogP) is 3.82. The summed E-state index contributed by atoms with van der Waals surface area (Å²) in [5.74, 6) is 1.20. The van der Waals surface area contributed by atoms with Crippen LogP contribution in [0.15, 0.2) is 22.7 Å². The van der Waals surface area contributed by atoms with Crippen molar-refractivity contribution in [2.24, 2.45) is 5.92 Å². The van der Waals surface area contributed by atoms with Crippen LogP contribution < -0.4 is 5.32 Å². The van der Waals surface area contributed by atoms with Crippen molar-refractivity contribution in [1.82, 2.24) is 5.32 Å². The Morgan fingerprint density at radius 2 is 2.24 bits per heavy atom. The van der Waals surface area contributed by atoms with E-state index in [9.17, 15) is 5.11 Å². The van der Waals surface area contributed by atoms with Crippen LogP contribution in [0.1, 0.15) is 38.2 Å². The van der Waals surface area contributed by atoms with Crippen molar-refractivity contribution in [3.05, 3.63) is 28.2 Å². The van der Waals surface area contributed by atoms with E-state index in [1.54, 1.807) is 0 Å². The van der Waals surface area contributed by atoms with Crippen LogP contribution in [-0.2, 0) is 6.54 Å². The molecule has 1 aromatic rings. The summed E-state index contributed by atoms with van der Waals surface area (Å²) in [5, 5.41) is 13.4. The molecule has 2 atom stereocenters. The maximum atomic E-state index is 9.89. The highest BCUT2D eigenvalue weighted by atomic mass is 79.9. The summed E-state index contributed by atoms with van der Waals surface area (Å²) in [6.45, 7) is 3.08. The lowest BCUT2D eigenvalue weighted by Gasteiger charge is -2.27. The molecule has 0 saturated heterocycles. The Bertz CT molecular complexity index is 380. The van der Waals surface area contributed by atoms with Crippen molar-refractivity contribution in [2.75, 3.05) is 0 Å². The lowest BCUT2D eigenvalue weighted by Crippen LogP contribution is -2.33. The normalized spacial score (nSPS) is 24.8. The molecule has 0 amide bonds. The number of rotatable bonds is 3. The number of nitrogens with one attached hydrogen (secondary N) is 1. The summed E-state index contributed by atoms with van der Waals surface area (Å²) in [6.07, 6.45) is 5.21. The van der Waals surface area contributed by atoms with Gasteiger partial charge in [-0.1, -0.05) is 31.9 Å². The van der Waals surface area contributed by atoms with Crippen molar-refractivity contribution < 1.29 is 5.11 Å². The smallest absolute Gasteiger partial charge is 0.134 e. The Morgan fingerprint density at radius 1 is 1.41 bits per heavy atom. The molecule has 17 heavy (non-hydrogen) atoms. The second-order valence-corrected chi connectivity index (χ2v) is 5.95. The number of aromatic hydroxyl groups is 1. The Balaban J connectivity index is 1.91. The van der Waals surface area contributed by atoms with Crippen molar-refractivity contribution in [1.29, 1.82) is 0 Å². The van der Waals surface area contributed by atoms with E-state index >= 15 is 0 Å². The molecule has 2 rings (SSSR count). The Hall–Kier alpha value is -0.540. The molecule has 0 aliphatic heterocycles. The average Bonchev–Trinajstić information content (AvgIpc) is 2.31. The van der Waals surface area contributed by atoms with Crippen molar-refractivity contribution in [3.63, 3.8) is 0 Å². The minimum atomic E-state index is 0.365.